The highest BCUT2D eigenvalue weighted by Crippen LogP contribution is 2.05. The van der Waals surface area contributed by atoms with E-state index in [-0.39, 0.29) is 16.9 Å². The van der Waals surface area contributed by atoms with Crippen LogP contribution < -0.4 is 0 Å². The Balaban J connectivity index is 2.35. The van der Waals surface area contributed by atoms with Crippen LogP contribution in [0.4, 0.5) is 0 Å². The predicted octanol–water partition coefficient (Wildman–Crippen LogP) is -0.0263. The molecule has 0 bridgehead atoms. The van der Waals surface area contributed by atoms with Crippen molar-refractivity contribution in [3.05, 3.63) is 0 Å². The van der Waals surface area contributed by atoms with Crippen LogP contribution in [0.1, 0.15) is 20.8 Å². The van der Waals surface area contributed by atoms with Gasteiger partial charge in [0.25, 0.3) is 0 Å². The number of piperazine rings is 1. The van der Waals surface area contributed by atoms with Crippen LogP contribution in [0, 0.1) is 0 Å². The van der Waals surface area contributed by atoms with Gasteiger partial charge in [-0.1, -0.05) is 0 Å². The van der Waals surface area contributed by atoms with Gasteiger partial charge in [0.1, 0.15) is 0 Å². The number of hydrogen-bond donors (Lipinski definition) is 0. The number of amides is 1. The Bertz CT molecular complexity index is 357. The second-order valence-electron chi connectivity index (χ2n) is 4.76. The fraction of sp³-hybridized carbons (Fsp3) is 0.909. The van der Waals surface area contributed by atoms with E-state index in [0.29, 0.717) is 19.6 Å². The zero-order chi connectivity index (χ0) is 13.1. The van der Waals surface area contributed by atoms with Crippen LogP contribution >= 0.6 is 0 Å². The highest BCUT2D eigenvalue weighted by molar-refractivity contribution is 7.92. The smallest absolute Gasteiger partial charge is 0.219 e. The second kappa shape index (κ2) is 5.82. The van der Waals surface area contributed by atoms with Gasteiger partial charge in [0.2, 0.25) is 5.91 Å². The molecule has 0 N–H and O–H groups in total. The van der Waals surface area contributed by atoms with Crippen molar-refractivity contribution in [2.45, 2.75) is 26.0 Å². The molecule has 0 aromatic heterocycles. The molecule has 0 aromatic carbocycles. The zero-order valence-electron chi connectivity index (χ0n) is 10.8. The molecule has 17 heavy (non-hydrogen) atoms. The van der Waals surface area contributed by atoms with Gasteiger partial charge in [-0.15, -0.1) is 0 Å². The maximum Gasteiger partial charge on any atom is 0.219 e. The van der Waals surface area contributed by atoms with E-state index in [1.54, 1.807) is 25.7 Å². The lowest BCUT2D eigenvalue weighted by atomic mass is 10.3. The lowest BCUT2D eigenvalue weighted by molar-refractivity contribution is -0.130. The van der Waals surface area contributed by atoms with Crippen molar-refractivity contribution in [2.24, 2.45) is 0 Å². The molecular formula is C11H22N2O3S. The third-order valence-electron chi connectivity index (χ3n) is 3.23. The monoisotopic (exact) mass is 262 g/mol. The van der Waals surface area contributed by atoms with Crippen molar-refractivity contribution >= 4 is 15.7 Å². The van der Waals surface area contributed by atoms with Gasteiger partial charge in [0.15, 0.2) is 9.84 Å². The van der Waals surface area contributed by atoms with Crippen LogP contribution in [-0.4, -0.2) is 67.9 Å². The van der Waals surface area contributed by atoms with Crippen molar-refractivity contribution in [2.75, 3.05) is 38.5 Å². The van der Waals surface area contributed by atoms with E-state index in [1.807, 2.05) is 0 Å². The summed E-state index contributed by atoms with van der Waals surface area (Å²) in [6, 6.07) is 0. The van der Waals surface area contributed by atoms with Crippen LogP contribution in [0.2, 0.25) is 0 Å². The molecule has 1 aliphatic heterocycles. The van der Waals surface area contributed by atoms with Crippen LogP contribution in [0.25, 0.3) is 0 Å². The number of sulfone groups is 1. The molecule has 1 rings (SSSR count). The van der Waals surface area contributed by atoms with Gasteiger partial charge in [-0.3, -0.25) is 9.69 Å². The number of carbonyl (C=O) groups is 1. The molecule has 0 radical (unpaired) electrons. The van der Waals surface area contributed by atoms with Crippen molar-refractivity contribution in [3.8, 4) is 0 Å². The van der Waals surface area contributed by atoms with Crippen molar-refractivity contribution in [1.82, 2.24) is 9.80 Å². The minimum absolute atomic E-state index is 0.0967. The summed E-state index contributed by atoms with van der Waals surface area (Å²) in [6.07, 6.45) is 0. The third kappa shape index (κ3) is 4.27. The molecule has 0 spiro atoms. The van der Waals surface area contributed by atoms with E-state index in [2.05, 4.69) is 4.90 Å². The molecule has 0 atom stereocenters. The first-order chi connectivity index (χ1) is 7.83. The summed E-state index contributed by atoms with van der Waals surface area (Å²) >= 11 is 0. The maximum absolute atomic E-state index is 11.7. The molecule has 0 aliphatic carbocycles. The van der Waals surface area contributed by atoms with Gasteiger partial charge >= 0.3 is 0 Å². The molecule has 1 aliphatic rings. The summed E-state index contributed by atoms with van der Waals surface area (Å²) in [5.41, 5.74) is 0. The minimum atomic E-state index is -2.95. The molecule has 5 nitrogen and oxygen atoms in total. The number of hydrogen-bond acceptors (Lipinski definition) is 4. The first kappa shape index (κ1) is 14.4. The van der Waals surface area contributed by atoms with Crippen LogP contribution in [0.5, 0.6) is 0 Å². The normalized spacial score (nSPS) is 18.7. The molecule has 1 heterocycles. The Kier molecular flexibility index (Phi) is 4.94. The average Bonchev–Trinajstić information content (AvgIpc) is 2.27. The molecule has 0 unspecified atom stereocenters. The van der Waals surface area contributed by atoms with E-state index < -0.39 is 9.84 Å². The highest BCUT2D eigenvalue weighted by Gasteiger charge is 2.21. The van der Waals surface area contributed by atoms with E-state index in [4.69, 9.17) is 0 Å². The van der Waals surface area contributed by atoms with E-state index in [0.717, 1.165) is 13.1 Å². The molecule has 1 fully saturated rings. The minimum Gasteiger partial charge on any atom is -0.340 e. The summed E-state index contributed by atoms with van der Waals surface area (Å²) in [4.78, 5) is 15.0. The molecule has 6 heteroatoms. The Morgan fingerprint density at radius 2 is 1.71 bits per heavy atom. The van der Waals surface area contributed by atoms with Crippen LogP contribution in [-0.2, 0) is 14.6 Å². The van der Waals surface area contributed by atoms with Gasteiger partial charge in [-0.25, -0.2) is 8.42 Å². The van der Waals surface area contributed by atoms with Crippen molar-refractivity contribution in [1.29, 1.82) is 0 Å². The van der Waals surface area contributed by atoms with Gasteiger partial charge in [0.05, 0.1) is 11.0 Å². The fourth-order valence-electron chi connectivity index (χ4n) is 1.78. The van der Waals surface area contributed by atoms with E-state index >= 15 is 0 Å². The van der Waals surface area contributed by atoms with Crippen LogP contribution in [0.3, 0.4) is 0 Å². The van der Waals surface area contributed by atoms with Gasteiger partial charge in [0, 0.05) is 39.6 Å². The lowest BCUT2D eigenvalue weighted by Gasteiger charge is -2.34. The maximum atomic E-state index is 11.7. The topological polar surface area (TPSA) is 57.7 Å². The Labute approximate surface area is 104 Å². The third-order valence-corrected chi connectivity index (χ3v) is 5.42. The first-order valence-corrected chi connectivity index (χ1v) is 7.74. The average molecular weight is 262 g/mol. The van der Waals surface area contributed by atoms with Crippen molar-refractivity contribution < 1.29 is 13.2 Å². The van der Waals surface area contributed by atoms with Gasteiger partial charge in [-0.05, 0) is 13.8 Å². The van der Waals surface area contributed by atoms with Crippen molar-refractivity contribution in [3.63, 3.8) is 0 Å². The van der Waals surface area contributed by atoms with Gasteiger partial charge in [-0.2, -0.15) is 0 Å². The molecule has 1 saturated heterocycles. The van der Waals surface area contributed by atoms with E-state index in [9.17, 15) is 13.2 Å². The highest BCUT2D eigenvalue weighted by atomic mass is 32.2. The summed E-state index contributed by atoms with van der Waals surface area (Å²) in [5.74, 6) is 0.310. The first-order valence-electron chi connectivity index (χ1n) is 6.02. The molecule has 0 aromatic rings. The Hall–Kier alpha value is -0.620. The van der Waals surface area contributed by atoms with Gasteiger partial charge < -0.3 is 4.90 Å². The fourth-order valence-corrected chi connectivity index (χ4v) is 2.76. The summed E-state index contributed by atoms with van der Waals surface area (Å²) in [7, 11) is -2.95. The standard InChI is InChI=1S/C11H22N2O3S/c1-10(2)17(15,16)9-8-12-4-6-13(7-5-12)11(3)14/h10H,4-9H2,1-3H3. The quantitative estimate of drug-likeness (QED) is 0.714. The molecular weight excluding hydrogens is 240 g/mol. The zero-order valence-corrected chi connectivity index (χ0v) is 11.7. The summed E-state index contributed by atoms with van der Waals surface area (Å²) in [6.45, 7) is 8.52. The lowest BCUT2D eigenvalue weighted by Crippen LogP contribution is -2.49. The van der Waals surface area contributed by atoms with E-state index in [1.165, 1.54) is 0 Å². The second-order valence-corrected chi connectivity index (χ2v) is 7.44. The predicted molar refractivity (Wildman–Crippen MR) is 67.6 cm³/mol. The molecule has 0 saturated carbocycles. The molecule has 1 amide bonds. The Morgan fingerprint density at radius 3 is 2.12 bits per heavy atom. The summed E-state index contributed by atoms with van der Waals surface area (Å²) < 4.78 is 23.3. The largest absolute Gasteiger partial charge is 0.340 e. The Morgan fingerprint density at radius 1 is 1.18 bits per heavy atom. The number of rotatable bonds is 4. The number of nitrogens with zero attached hydrogens (tertiary/aromatic N) is 2. The number of carbonyl (C=O) groups excluding carboxylic acids is 1. The SMILES string of the molecule is CC(=O)N1CCN(CCS(=O)(=O)C(C)C)CC1. The summed E-state index contributed by atoms with van der Waals surface area (Å²) in [5, 5.41) is -0.305. The molecule has 100 valence electrons. The van der Waals surface area contributed by atoms with Crippen LogP contribution in [0.15, 0.2) is 0 Å².